The van der Waals surface area contributed by atoms with Crippen LogP contribution < -0.4 is 9.04 Å². The Morgan fingerprint density at radius 1 is 0.786 bits per heavy atom. The third-order valence-electron chi connectivity index (χ3n) is 7.72. The number of anilines is 1. The molecule has 1 aliphatic heterocycles. The van der Waals surface area contributed by atoms with Crippen molar-refractivity contribution < 1.29 is 17.9 Å². The minimum atomic E-state index is -4.12. The van der Waals surface area contributed by atoms with Crippen molar-refractivity contribution >= 4 is 21.6 Å². The topological polar surface area (TPSA) is 70.2 Å². The predicted molar refractivity (Wildman–Crippen MR) is 166 cm³/mol. The van der Waals surface area contributed by atoms with Gasteiger partial charge in [-0.25, -0.2) is 8.42 Å². The Bertz CT molecular complexity index is 1580. The number of carbonyl (C=O) groups excluding carboxylic acids is 1. The van der Waals surface area contributed by atoms with Crippen LogP contribution in [0.4, 0.5) is 5.69 Å². The average Bonchev–Trinajstić information content (AvgIpc) is 3.01. The summed E-state index contributed by atoms with van der Waals surface area (Å²) in [4.78, 5) is 18.0. The van der Waals surface area contributed by atoms with Gasteiger partial charge < -0.3 is 9.64 Å². The second-order valence-electron chi connectivity index (χ2n) is 10.6. The fraction of sp³-hybridized carbons (Fsp3) is 0.265. The molecule has 8 heteroatoms. The standard InChI is InChI=1S/C34H37N3O4S/c1-26-11-10-16-30(23-26)37(42(39,40)32-24-27(2)17-18-31(32)41-3)25-33(38)35-19-21-36(22-20-35)34(28-12-6-4-7-13-28)29-14-8-5-9-15-29/h4-18,23-24,34H,19-22,25H2,1-3H3. The highest BCUT2D eigenvalue weighted by Gasteiger charge is 2.33. The molecule has 4 aromatic rings. The Morgan fingerprint density at radius 2 is 1.38 bits per heavy atom. The molecule has 0 saturated carbocycles. The fourth-order valence-corrected chi connectivity index (χ4v) is 7.19. The van der Waals surface area contributed by atoms with Crippen molar-refractivity contribution in [2.75, 3.05) is 44.1 Å². The van der Waals surface area contributed by atoms with Gasteiger partial charge in [0.1, 0.15) is 17.2 Å². The molecule has 0 atom stereocenters. The van der Waals surface area contributed by atoms with E-state index < -0.39 is 10.0 Å². The van der Waals surface area contributed by atoms with Crippen molar-refractivity contribution in [1.82, 2.24) is 9.80 Å². The number of benzene rings is 4. The Labute approximate surface area is 249 Å². The maximum atomic E-state index is 14.1. The molecule has 0 aromatic heterocycles. The number of sulfonamides is 1. The average molecular weight is 584 g/mol. The molecule has 1 fully saturated rings. The SMILES string of the molecule is COc1ccc(C)cc1S(=O)(=O)N(CC(=O)N1CCN(C(c2ccccc2)c2ccccc2)CC1)c1cccc(C)c1. The number of ether oxygens (including phenoxy) is 1. The van der Waals surface area contributed by atoms with Crippen molar-refractivity contribution in [2.24, 2.45) is 0 Å². The number of nitrogens with zero attached hydrogens (tertiary/aromatic N) is 3. The molecule has 0 spiro atoms. The summed E-state index contributed by atoms with van der Waals surface area (Å²) in [6, 6.07) is 33.1. The number of piperazine rings is 1. The van der Waals surface area contributed by atoms with Crippen LogP contribution in [0.2, 0.25) is 0 Å². The van der Waals surface area contributed by atoms with E-state index in [9.17, 15) is 13.2 Å². The normalized spacial score (nSPS) is 14.1. The smallest absolute Gasteiger partial charge is 0.268 e. The molecule has 42 heavy (non-hydrogen) atoms. The van der Waals surface area contributed by atoms with Crippen LogP contribution in [0, 0.1) is 13.8 Å². The van der Waals surface area contributed by atoms with Crippen LogP contribution in [-0.4, -0.2) is 64.0 Å². The second-order valence-corrected chi connectivity index (χ2v) is 12.5. The minimum Gasteiger partial charge on any atom is -0.495 e. The van der Waals surface area contributed by atoms with E-state index in [-0.39, 0.29) is 29.1 Å². The van der Waals surface area contributed by atoms with Crippen molar-refractivity contribution in [3.8, 4) is 5.75 Å². The van der Waals surface area contributed by atoms with E-state index in [4.69, 9.17) is 4.74 Å². The molecule has 1 amide bonds. The molecule has 1 aliphatic rings. The van der Waals surface area contributed by atoms with E-state index in [0.29, 0.717) is 31.9 Å². The lowest BCUT2D eigenvalue weighted by Gasteiger charge is -2.40. The highest BCUT2D eigenvalue weighted by atomic mass is 32.2. The van der Waals surface area contributed by atoms with E-state index in [1.54, 1.807) is 41.3 Å². The molecule has 0 aliphatic carbocycles. The summed E-state index contributed by atoms with van der Waals surface area (Å²) in [6.07, 6.45) is 0. The number of methoxy groups -OCH3 is 1. The largest absolute Gasteiger partial charge is 0.495 e. The van der Waals surface area contributed by atoms with Gasteiger partial charge in [0, 0.05) is 26.2 Å². The molecule has 1 saturated heterocycles. The maximum absolute atomic E-state index is 14.1. The van der Waals surface area contributed by atoms with Crippen LogP contribution in [0.25, 0.3) is 0 Å². The van der Waals surface area contributed by atoms with Gasteiger partial charge in [-0.1, -0.05) is 78.9 Å². The number of amides is 1. The fourth-order valence-electron chi connectivity index (χ4n) is 5.54. The third kappa shape index (κ3) is 6.35. The zero-order chi connectivity index (χ0) is 29.7. The van der Waals surface area contributed by atoms with Crippen LogP contribution in [0.15, 0.2) is 108 Å². The van der Waals surface area contributed by atoms with E-state index in [2.05, 4.69) is 53.4 Å². The molecule has 7 nitrogen and oxygen atoms in total. The van der Waals surface area contributed by atoms with E-state index in [1.165, 1.54) is 22.5 Å². The van der Waals surface area contributed by atoms with Crippen LogP contribution in [0.5, 0.6) is 5.75 Å². The first-order valence-electron chi connectivity index (χ1n) is 14.1. The lowest BCUT2D eigenvalue weighted by Crippen LogP contribution is -2.52. The quantitative estimate of drug-likeness (QED) is 0.263. The van der Waals surface area contributed by atoms with Gasteiger partial charge in [-0.2, -0.15) is 0 Å². The molecule has 0 radical (unpaired) electrons. The van der Waals surface area contributed by atoms with Crippen LogP contribution in [0.3, 0.4) is 0 Å². The van der Waals surface area contributed by atoms with Gasteiger partial charge in [-0.15, -0.1) is 0 Å². The lowest BCUT2D eigenvalue weighted by molar-refractivity contribution is -0.131. The molecule has 0 unspecified atom stereocenters. The first kappa shape index (κ1) is 29.4. The molecular formula is C34H37N3O4S. The highest BCUT2D eigenvalue weighted by Crippen LogP contribution is 2.32. The number of aryl methyl sites for hydroxylation is 2. The summed E-state index contributed by atoms with van der Waals surface area (Å²) in [5, 5.41) is 0. The van der Waals surface area contributed by atoms with Crippen molar-refractivity contribution in [3.63, 3.8) is 0 Å². The number of hydrogen-bond donors (Lipinski definition) is 0. The van der Waals surface area contributed by atoms with E-state index in [1.807, 2.05) is 32.0 Å². The second kappa shape index (κ2) is 12.8. The zero-order valence-corrected chi connectivity index (χ0v) is 25.1. The van der Waals surface area contributed by atoms with E-state index >= 15 is 0 Å². The van der Waals surface area contributed by atoms with Gasteiger partial charge in [-0.05, 0) is 60.4 Å². The first-order chi connectivity index (χ1) is 20.3. The summed E-state index contributed by atoms with van der Waals surface area (Å²) in [5.41, 5.74) is 4.53. The molecule has 4 aromatic carbocycles. The summed E-state index contributed by atoms with van der Waals surface area (Å²) >= 11 is 0. The van der Waals surface area contributed by atoms with E-state index in [0.717, 1.165) is 11.1 Å². The Balaban J connectivity index is 1.38. The van der Waals surface area contributed by atoms with Gasteiger partial charge in [0.25, 0.3) is 10.0 Å². The summed E-state index contributed by atoms with van der Waals surface area (Å²) in [7, 11) is -2.67. The van der Waals surface area contributed by atoms with Crippen molar-refractivity contribution in [2.45, 2.75) is 24.8 Å². The van der Waals surface area contributed by atoms with Crippen LogP contribution in [0.1, 0.15) is 28.3 Å². The Morgan fingerprint density at radius 3 is 1.95 bits per heavy atom. The highest BCUT2D eigenvalue weighted by molar-refractivity contribution is 7.93. The van der Waals surface area contributed by atoms with Gasteiger partial charge in [-0.3, -0.25) is 14.0 Å². The zero-order valence-electron chi connectivity index (χ0n) is 24.3. The Kier molecular flexibility index (Phi) is 8.94. The summed E-state index contributed by atoms with van der Waals surface area (Å²) in [5.74, 6) is 0.00880. The third-order valence-corrected chi connectivity index (χ3v) is 9.51. The molecule has 0 bridgehead atoms. The molecule has 218 valence electrons. The predicted octanol–water partition coefficient (Wildman–Crippen LogP) is 5.44. The Hall–Kier alpha value is -4.14. The number of rotatable bonds is 9. The van der Waals surface area contributed by atoms with Crippen molar-refractivity contribution in [1.29, 1.82) is 0 Å². The maximum Gasteiger partial charge on any atom is 0.268 e. The monoisotopic (exact) mass is 583 g/mol. The molecule has 5 rings (SSSR count). The lowest BCUT2D eigenvalue weighted by atomic mass is 9.96. The number of carbonyl (C=O) groups is 1. The van der Waals surface area contributed by atoms with Gasteiger partial charge in [0.05, 0.1) is 18.8 Å². The van der Waals surface area contributed by atoms with Crippen LogP contribution >= 0.6 is 0 Å². The first-order valence-corrected chi connectivity index (χ1v) is 15.6. The van der Waals surface area contributed by atoms with Gasteiger partial charge in [0.15, 0.2) is 0 Å². The minimum absolute atomic E-state index is 0.0395. The summed E-state index contributed by atoms with van der Waals surface area (Å²) in [6.45, 7) is 5.78. The molecule has 0 N–H and O–H groups in total. The summed E-state index contributed by atoms with van der Waals surface area (Å²) < 4.78 is 34.9. The molecular weight excluding hydrogens is 546 g/mol. The van der Waals surface area contributed by atoms with Crippen molar-refractivity contribution in [3.05, 3.63) is 125 Å². The van der Waals surface area contributed by atoms with Gasteiger partial charge >= 0.3 is 0 Å². The molecule has 1 heterocycles. The number of hydrogen-bond acceptors (Lipinski definition) is 5. The van der Waals surface area contributed by atoms with Crippen LogP contribution in [-0.2, 0) is 14.8 Å². The van der Waals surface area contributed by atoms with Gasteiger partial charge in [0.2, 0.25) is 5.91 Å².